The Morgan fingerprint density at radius 3 is 2.60 bits per heavy atom. The second kappa shape index (κ2) is 7.74. The van der Waals surface area contributed by atoms with Gasteiger partial charge in [0.2, 0.25) is 5.89 Å². The molecule has 1 amide bonds. The summed E-state index contributed by atoms with van der Waals surface area (Å²) in [7, 11) is 0. The van der Waals surface area contributed by atoms with E-state index in [1.54, 1.807) is 0 Å². The lowest BCUT2D eigenvalue weighted by Crippen LogP contribution is -2.44. The molecule has 2 aromatic rings. The molecule has 1 fully saturated rings. The van der Waals surface area contributed by atoms with Crippen molar-refractivity contribution in [3.05, 3.63) is 47.4 Å². The van der Waals surface area contributed by atoms with Gasteiger partial charge in [-0.1, -0.05) is 19.0 Å². The molecular weight excluding hydrogens is 323 g/mol. The summed E-state index contributed by atoms with van der Waals surface area (Å²) in [5, 5.41) is 7.00. The van der Waals surface area contributed by atoms with Gasteiger partial charge < -0.3 is 9.84 Å². The zero-order valence-electron chi connectivity index (χ0n) is 14.5. The van der Waals surface area contributed by atoms with E-state index in [1.165, 1.54) is 24.3 Å². The standard InChI is InChI=1S/C18H23FN4O2/c1-12(2)17-21-16(25-22-17)11-23-9-7-15(8-10-23)20-18(24)13-3-5-14(19)6-4-13/h3-6,12,15H,7-11H2,1-2H3,(H,20,24). The van der Waals surface area contributed by atoms with Crippen LogP contribution in [0.3, 0.4) is 0 Å². The minimum absolute atomic E-state index is 0.128. The summed E-state index contributed by atoms with van der Waals surface area (Å²) in [6.07, 6.45) is 1.72. The van der Waals surface area contributed by atoms with Crippen molar-refractivity contribution >= 4 is 5.91 Å². The molecule has 0 saturated carbocycles. The van der Waals surface area contributed by atoms with E-state index >= 15 is 0 Å². The predicted molar refractivity (Wildman–Crippen MR) is 90.6 cm³/mol. The predicted octanol–water partition coefficient (Wildman–Crippen LogP) is 2.73. The van der Waals surface area contributed by atoms with Crippen molar-refractivity contribution in [1.82, 2.24) is 20.4 Å². The largest absolute Gasteiger partial charge is 0.349 e. The van der Waals surface area contributed by atoms with Crippen LogP contribution in [0.5, 0.6) is 0 Å². The molecule has 2 heterocycles. The number of hydrogen-bond donors (Lipinski definition) is 1. The van der Waals surface area contributed by atoms with Crippen LogP contribution in [-0.2, 0) is 6.54 Å². The molecular formula is C18H23FN4O2. The zero-order chi connectivity index (χ0) is 17.8. The highest BCUT2D eigenvalue weighted by Crippen LogP contribution is 2.16. The summed E-state index contributed by atoms with van der Waals surface area (Å²) in [6.45, 7) is 6.41. The average Bonchev–Trinajstić information content (AvgIpc) is 3.06. The van der Waals surface area contributed by atoms with Crippen LogP contribution in [0.15, 0.2) is 28.8 Å². The first kappa shape index (κ1) is 17.5. The highest BCUT2D eigenvalue weighted by molar-refractivity contribution is 5.94. The SMILES string of the molecule is CC(C)c1noc(CN2CCC(NC(=O)c3ccc(F)cc3)CC2)n1. The number of amides is 1. The van der Waals surface area contributed by atoms with Gasteiger partial charge in [-0.3, -0.25) is 9.69 Å². The maximum Gasteiger partial charge on any atom is 0.251 e. The molecule has 1 saturated heterocycles. The molecule has 3 rings (SSSR count). The van der Waals surface area contributed by atoms with E-state index in [2.05, 4.69) is 20.4 Å². The Morgan fingerprint density at radius 1 is 1.32 bits per heavy atom. The molecule has 0 atom stereocenters. The number of likely N-dealkylation sites (tertiary alicyclic amines) is 1. The van der Waals surface area contributed by atoms with Crippen molar-refractivity contribution in [2.45, 2.75) is 45.2 Å². The number of halogens is 1. The summed E-state index contributed by atoms with van der Waals surface area (Å²) in [5.74, 6) is 1.13. The normalized spacial score (nSPS) is 16.3. The van der Waals surface area contributed by atoms with Gasteiger partial charge in [0.15, 0.2) is 5.82 Å². The minimum atomic E-state index is -0.341. The zero-order valence-corrected chi connectivity index (χ0v) is 14.5. The van der Waals surface area contributed by atoms with Crippen LogP contribution in [0.1, 0.15) is 54.7 Å². The van der Waals surface area contributed by atoms with E-state index in [4.69, 9.17) is 4.52 Å². The second-order valence-electron chi connectivity index (χ2n) is 6.73. The van der Waals surface area contributed by atoms with Crippen LogP contribution in [0.2, 0.25) is 0 Å². The van der Waals surface area contributed by atoms with E-state index in [0.29, 0.717) is 18.0 Å². The van der Waals surface area contributed by atoms with Crippen molar-refractivity contribution < 1.29 is 13.7 Å². The topological polar surface area (TPSA) is 71.3 Å². The lowest BCUT2D eigenvalue weighted by atomic mass is 10.0. The second-order valence-corrected chi connectivity index (χ2v) is 6.73. The molecule has 7 heteroatoms. The van der Waals surface area contributed by atoms with Crippen molar-refractivity contribution in [1.29, 1.82) is 0 Å². The van der Waals surface area contributed by atoms with Crippen LogP contribution in [0, 0.1) is 5.82 Å². The van der Waals surface area contributed by atoms with Gasteiger partial charge in [0.25, 0.3) is 5.91 Å². The Balaban J connectivity index is 1.46. The van der Waals surface area contributed by atoms with Gasteiger partial charge in [0, 0.05) is 30.6 Å². The number of hydrogen-bond acceptors (Lipinski definition) is 5. The van der Waals surface area contributed by atoms with Crippen LogP contribution in [-0.4, -0.2) is 40.1 Å². The molecule has 25 heavy (non-hydrogen) atoms. The molecule has 6 nitrogen and oxygen atoms in total. The number of aromatic nitrogens is 2. The molecule has 1 N–H and O–H groups in total. The lowest BCUT2D eigenvalue weighted by molar-refractivity contribution is 0.0904. The summed E-state index contributed by atoms with van der Waals surface area (Å²) >= 11 is 0. The molecule has 0 radical (unpaired) electrons. The Hall–Kier alpha value is -2.28. The third-order valence-electron chi connectivity index (χ3n) is 4.39. The highest BCUT2D eigenvalue weighted by Gasteiger charge is 2.23. The third-order valence-corrected chi connectivity index (χ3v) is 4.39. The molecule has 1 aliphatic heterocycles. The Morgan fingerprint density at radius 2 is 2.00 bits per heavy atom. The fourth-order valence-corrected chi connectivity index (χ4v) is 2.86. The number of benzene rings is 1. The smallest absolute Gasteiger partial charge is 0.251 e. The van der Waals surface area contributed by atoms with Crippen LogP contribution in [0.25, 0.3) is 0 Å². The van der Waals surface area contributed by atoms with Crippen molar-refractivity contribution in [3.63, 3.8) is 0 Å². The number of carbonyl (C=O) groups excluding carboxylic acids is 1. The Kier molecular flexibility index (Phi) is 5.43. The molecule has 0 aliphatic carbocycles. The highest BCUT2D eigenvalue weighted by atomic mass is 19.1. The first-order valence-corrected chi connectivity index (χ1v) is 8.62. The van der Waals surface area contributed by atoms with Crippen LogP contribution >= 0.6 is 0 Å². The fraction of sp³-hybridized carbons (Fsp3) is 0.500. The summed E-state index contributed by atoms with van der Waals surface area (Å²) in [4.78, 5) is 18.8. The van der Waals surface area contributed by atoms with Crippen molar-refractivity contribution in [2.24, 2.45) is 0 Å². The van der Waals surface area contributed by atoms with Crippen LogP contribution < -0.4 is 5.32 Å². The summed E-state index contributed by atoms with van der Waals surface area (Å²) < 4.78 is 18.2. The average molecular weight is 346 g/mol. The summed E-state index contributed by atoms with van der Waals surface area (Å²) in [6, 6.07) is 5.73. The minimum Gasteiger partial charge on any atom is -0.349 e. The molecule has 1 aromatic heterocycles. The van der Waals surface area contributed by atoms with Gasteiger partial charge in [-0.05, 0) is 37.1 Å². The van der Waals surface area contributed by atoms with Crippen molar-refractivity contribution in [2.75, 3.05) is 13.1 Å². The number of carbonyl (C=O) groups is 1. The quantitative estimate of drug-likeness (QED) is 0.901. The van der Waals surface area contributed by atoms with E-state index < -0.39 is 0 Å². The number of nitrogens with zero attached hydrogens (tertiary/aromatic N) is 3. The first-order chi connectivity index (χ1) is 12.0. The van der Waals surface area contributed by atoms with Gasteiger partial charge >= 0.3 is 0 Å². The number of rotatable bonds is 5. The number of nitrogens with one attached hydrogen (secondary N) is 1. The molecule has 1 aromatic carbocycles. The summed E-state index contributed by atoms with van der Waals surface area (Å²) in [5.41, 5.74) is 0.482. The van der Waals surface area contributed by atoms with E-state index in [-0.39, 0.29) is 23.7 Å². The maximum atomic E-state index is 12.9. The molecule has 0 unspecified atom stereocenters. The first-order valence-electron chi connectivity index (χ1n) is 8.62. The van der Waals surface area contributed by atoms with Crippen LogP contribution in [0.4, 0.5) is 4.39 Å². The van der Waals surface area contributed by atoms with Gasteiger partial charge in [-0.2, -0.15) is 4.98 Å². The van der Waals surface area contributed by atoms with Gasteiger partial charge in [-0.25, -0.2) is 4.39 Å². The molecule has 134 valence electrons. The Labute approximate surface area is 146 Å². The van der Waals surface area contributed by atoms with Gasteiger partial charge in [0.05, 0.1) is 6.54 Å². The van der Waals surface area contributed by atoms with Gasteiger partial charge in [0.1, 0.15) is 5.82 Å². The van der Waals surface area contributed by atoms with E-state index in [0.717, 1.165) is 31.8 Å². The van der Waals surface area contributed by atoms with Crippen molar-refractivity contribution in [3.8, 4) is 0 Å². The monoisotopic (exact) mass is 346 g/mol. The Bertz CT molecular complexity index is 706. The van der Waals surface area contributed by atoms with E-state index in [9.17, 15) is 9.18 Å². The maximum absolute atomic E-state index is 12.9. The molecule has 0 spiro atoms. The van der Waals surface area contributed by atoms with Gasteiger partial charge in [-0.15, -0.1) is 0 Å². The number of piperidine rings is 1. The lowest BCUT2D eigenvalue weighted by Gasteiger charge is -2.31. The molecule has 0 bridgehead atoms. The fourth-order valence-electron chi connectivity index (χ4n) is 2.86. The van der Waals surface area contributed by atoms with E-state index in [1.807, 2.05) is 13.8 Å². The molecule has 1 aliphatic rings. The third kappa shape index (κ3) is 4.63.